The number of carboxylic acids is 1. The number of ether oxygens (including phenoxy) is 2. The summed E-state index contributed by atoms with van der Waals surface area (Å²) in [5.41, 5.74) is 6.63. The Morgan fingerprint density at radius 3 is 2.73 bits per heavy atom. The first-order chi connectivity index (χ1) is 10.5. The third kappa shape index (κ3) is 4.11. The largest absolute Gasteiger partial charge is 0.493 e. The summed E-state index contributed by atoms with van der Waals surface area (Å²) >= 11 is 0. The fourth-order valence-corrected chi connectivity index (χ4v) is 2.72. The van der Waals surface area contributed by atoms with E-state index in [4.69, 9.17) is 20.3 Å². The molecule has 0 bridgehead atoms. The summed E-state index contributed by atoms with van der Waals surface area (Å²) in [4.78, 5) is 13.1. The summed E-state index contributed by atoms with van der Waals surface area (Å²) in [5, 5.41) is 8.91. The number of para-hydroxylation sites is 1. The van der Waals surface area contributed by atoms with Crippen LogP contribution in [0.4, 0.5) is 0 Å². The van der Waals surface area contributed by atoms with Gasteiger partial charge in [0.15, 0.2) is 11.5 Å². The molecule has 6 nitrogen and oxygen atoms in total. The lowest BCUT2D eigenvalue weighted by molar-refractivity contribution is -0.137. The molecule has 1 unspecified atom stereocenters. The van der Waals surface area contributed by atoms with Crippen molar-refractivity contribution in [2.75, 3.05) is 27.2 Å². The van der Waals surface area contributed by atoms with Crippen molar-refractivity contribution in [3.8, 4) is 11.5 Å². The molecule has 0 aromatic heterocycles. The topological polar surface area (TPSA) is 85.0 Å². The highest BCUT2D eigenvalue weighted by Crippen LogP contribution is 2.36. The van der Waals surface area contributed by atoms with Gasteiger partial charge in [-0.1, -0.05) is 12.1 Å². The van der Waals surface area contributed by atoms with E-state index in [9.17, 15) is 4.79 Å². The molecular weight excluding hydrogens is 284 g/mol. The minimum atomic E-state index is -0.934. The quantitative estimate of drug-likeness (QED) is 0.831. The number of likely N-dealkylation sites (tertiary alicyclic amines) is 1. The number of methoxy groups -OCH3 is 1. The second-order valence-corrected chi connectivity index (χ2v) is 5.70. The molecule has 122 valence electrons. The van der Waals surface area contributed by atoms with Crippen LogP contribution < -0.4 is 15.2 Å². The highest BCUT2D eigenvalue weighted by Gasteiger charge is 2.22. The molecule has 0 radical (unpaired) electrons. The van der Waals surface area contributed by atoms with E-state index in [2.05, 4.69) is 11.9 Å². The summed E-state index contributed by atoms with van der Waals surface area (Å²) in [5.74, 6) is 0.238. The van der Waals surface area contributed by atoms with Gasteiger partial charge in [-0.15, -0.1) is 0 Å². The van der Waals surface area contributed by atoms with Crippen molar-refractivity contribution in [2.45, 2.75) is 31.4 Å². The Bertz CT molecular complexity index is 513. The lowest BCUT2D eigenvalue weighted by atomic mass is 10.0. The van der Waals surface area contributed by atoms with Crippen LogP contribution in [0.5, 0.6) is 11.5 Å². The molecule has 0 spiro atoms. The molecule has 1 heterocycles. The van der Waals surface area contributed by atoms with Crippen LogP contribution in [0.3, 0.4) is 0 Å². The summed E-state index contributed by atoms with van der Waals surface area (Å²) in [6.45, 7) is 2.01. The van der Waals surface area contributed by atoms with Crippen LogP contribution in [-0.2, 0) is 4.79 Å². The van der Waals surface area contributed by atoms with Crippen LogP contribution >= 0.6 is 0 Å². The van der Waals surface area contributed by atoms with E-state index in [1.807, 2.05) is 12.1 Å². The molecule has 2 rings (SSSR count). The van der Waals surface area contributed by atoms with E-state index in [1.165, 1.54) is 0 Å². The smallest absolute Gasteiger partial charge is 0.305 e. The second-order valence-electron chi connectivity index (χ2n) is 5.70. The summed E-state index contributed by atoms with van der Waals surface area (Å²) in [6.07, 6.45) is 1.93. The maximum Gasteiger partial charge on any atom is 0.305 e. The summed E-state index contributed by atoms with van der Waals surface area (Å²) in [6, 6.07) is 4.83. The molecule has 1 aromatic carbocycles. The predicted molar refractivity (Wildman–Crippen MR) is 83.3 cm³/mol. The zero-order chi connectivity index (χ0) is 16.1. The first-order valence-corrected chi connectivity index (χ1v) is 7.50. The summed E-state index contributed by atoms with van der Waals surface area (Å²) < 4.78 is 11.5. The molecule has 0 aliphatic carbocycles. The molecule has 1 fully saturated rings. The van der Waals surface area contributed by atoms with Crippen molar-refractivity contribution >= 4 is 5.97 Å². The Labute approximate surface area is 130 Å². The number of rotatable bonds is 6. The third-order valence-electron chi connectivity index (χ3n) is 3.97. The normalized spacial score (nSPS) is 18.0. The Kier molecular flexibility index (Phi) is 5.63. The molecule has 22 heavy (non-hydrogen) atoms. The molecule has 1 saturated heterocycles. The number of nitrogens with zero attached hydrogens (tertiary/aromatic N) is 1. The maximum absolute atomic E-state index is 10.9. The SMILES string of the molecule is COc1c(OC2CCN(C)CC2)cccc1C(N)CC(=O)O. The van der Waals surface area contributed by atoms with Gasteiger partial charge in [0.25, 0.3) is 0 Å². The van der Waals surface area contributed by atoms with E-state index in [0.717, 1.165) is 25.9 Å². The molecule has 0 saturated carbocycles. The van der Waals surface area contributed by atoms with E-state index in [0.29, 0.717) is 17.1 Å². The Balaban J connectivity index is 2.15. The molecular formula is C16H24N2O4. The average Bonchev–Trinajstić information content (AvgIpc) is 2.48. The van der Waals surface area contributed by atoms with Crippen LogP contribution in [-0.4, -0.2) is 49.3 Å². The van der Waals surface area contributed by atoms with Gasteiger partial charge in [0.2, 0.25) is 0 Å². The first-order valence-electron chi connectivity index (χ1n) is 7.50. The van der Waals surface area contributed by atoms with Gasteiger partial charge >= 0.3 is 5.97 Å². The average molecular weight is 308 g/mol. The van der Waals surface area contributed by atoms with Crippen molar-refractivity contribution < 1.29 is 19.4 Å². The number of nitrogens with two attached hydrogens (primary N) is 1. The Morgan fingerprint density at radius 2 is 2.14 bits per heavy atom. The number of hydrogen-bond acceptors (Lipinski definition) is 5. The molecule has 0 amide bonds. The molecule has 6 heteroatoms. The van der Waals surface area contributed by atoms with Crippen molar-refractivity contribution in [3.05, 3.63) is 23.8 Å². The predicted octanol–water partition coefficient (Wildman–Crippen LogP) is 1.64. The molecule has 3 N–H and O–H groups in total. The number of carbonyl (C=O) groups is 1. The fraction of sp³-hybridized carbons (Fsp3) is 0.562. The molecule has 1 aromatic rings. The summed E-state index contributed by atoms with van der Waals surface area (Å²) in [7, 11) is 3.65. The number of benzene rings is 1. The number of hydrogen-bond donors (Lipinski definition) is 2. The second kappa shape index (κ2) is 7.47. The number of carboxylic acid groups (broad SMARTS) is 1. The minimum Gasteiger partial charge on any atom is -0.493 e. The van der Waals surface area contributed by atoms with Crippen LogP contribution in [0.2, 0.25) is 0 Å². The Morgan fingerprint density at radius 1 is 1.45 bits per heavy atom. The zero-order valence-electron chi connectivity index (χ0n) is 13.1. The van der Waals surface area contributed by atoms with Gasteiger partial charge in [0.1, 0.15) is 6.10 Å². The monoisotopic (exact) mass is 308 g/mol. The minimum absolute atomic E-state index is 0.145. The van der Waals surface area contributed by atoms with Gasteiger partial charge < -0.3 is 25.2 Å². The zero-order valence-corrected chi connectivity index (χ0v) is 13.1. The van der Waals surface area contributed by atoms with Gasteiger partial charge in [-0.3, -0.25) is 4.79 Å². The van der Waals surface area contributed by atoms with Crippen molar-refractivity contribution in [1.82, 2.24) is 4.90 Å². The van der Waals surface area contributed by atoms with E-state index < -0.39 is 12.0 Å². The lowest BCUT2D eigenvalue weighted by Crippen LogP contribution is -2.35. The fourth-order valence-electron chi connectivity index (χ4n) is 2.72. The highest BCUT2D eigenvalue weighted by molar-refractivity contribution is 5.68. The maximum atomic E-state index is 10.9. The van der Waals surface area contributed by atoms with Crippen LogP contribution in [0.1, 0.15) is 30.9 Å². The molecule has 1 aliphatic heterocycles. The van der Waals surface area contributed by atoms with Gasteiger partial charge in [-0.05, 0) is 26.0 Å². The van der Waals surface area contributed by atoms with Gasteiger partial charge in [-0.2, -0.15) is 0 Å². The van der Waals surface area contributed by atoms with Crippen molar-refractivity contribution in [1.29, 1.82) is 0 Å². The van der Waals surface area contributed by atoms with Gasteiger partial charge in [0.05, 0.1) is 13.5 Å². The van der Waals surface area contributed by atoms with E-state index >= 15 is 0 Å². The third-order valence-corrected chi connectivity index (χ3v) is 3.97. The van der Waals surface area contributed by atoms with E-state index in [1.54, 1.807) is 13.2 Å². The van der Waals surface area contributed by atoms with Crippen molar-refractivity contribution in [2.24, 2.45) is 5.73 Å². The van der Waals surface area contributed by atoms with Crippen LogP contribution in [0.25, 0.3) is 0 Å². The number of piperidine rings is 1. The Hall–Kier alpha value is -1.79. The highest BCUT2D eigenvalue weighted by atomic mass is 16.5. The van der Waals surface area contributed by atoms with E-state index in [-0.39, 0.29) is 12.5 Å². The van der Waals surface area contributed by atoms with Gasteiger partial charge in [-0.25, -0.2) is 0 Å². The van der Waals surface area contributed by atoms with Crippen LogP contribution in [0, 0.1) is 0 Å². The standard InChI is InChI=1S/C16H24N2O4/c1-18-8-6-11(7-9-18)22-14-5-3-4-12(16(14)21-2)13(17)10-15(19)20/h3-5,11,13H,6-10,17H2,1-2H3,(H,19,20). The molecule has 1 aliphatic rings. The first kappa shape index (κ1) is 16.6. The number of aliphatic carboxylic acids is 1. The van der Waals surface area contributed by atoms with Gasteiger partial charge in [0, 0.05) is 24.7 Å². The lowest BCUT2D eigenvalue weighted by Gasteiger charge is -2.30. The van der Waals surface area contributed by atoms with Crippen LogP contribution in [0.15, 0.2) is 18.2 Å². The van der Waals surface area contributed by atoms with Crippen molar-refractivity contribution in [3.63, 3.8) is 0 Å². The molecule has 1 atom stereocenters.